The van der Waals surface area contributed by atoms with Crippen molar-refractivity contribution in [1.82, 2.24) is 19.9 Å². The molecule has 24 heavy (non-hydrogen) atoms. The molecule has 5 nitrogen and oxygen atoms in total. The van der Waals surface area contributed by atoms with E-state index in [0.717, 1.165) is 29.8 Å². The van der Waals surface area contributed by atoms with Gasteiger partial charge < -0.3 is 9.88 Å². The number of amides is 1. The minimum atomic E-state index is -0.134. The van der Waals surface area contributed by atoms with Crippen LogP contribution in [0.4, 0.5) is 0 Å². The molecule has 0 aliphatic heterocycles. The normalized spacial score (nSPS) is 12.2. The number of rotatable bonds is 6. The van der Waals surface area contributed by atoms with E-state index in [1.807, 2.05) is 18.2 Å². The van der Waals surface area contributed by atoms with Crippen LogP contribution in [0.5, 0.6) is 0 Å². The van der Waals surface area contributed by atoms with Gasteiger partial charge in [-0.15, -0.1) is 0 Å². The first-order chi connectivity index (χ1) is 11.7. The Labute approximate surface area is 141 Å². The predicted octanol–water partition coefficient (Wildman–Crippen LogP) is 3.41. The maximum atomic E-state index is 12.2. The molecule has 0 spiro atoms. The highest BCUT2D eigenvalue weighted by Crippen LogP contribution is 2.19. The number of para-hydroxylation sites is 2. The zero-order chi connectivity index (χ0) is 16.9. The van der Waals surface area contributed by atoms with Crippen LogP contribution in [0.25, 0.3) is 11.0 Å². The molecule has 0 saturated heterocycles. The lowest BCUT2D eigenvalue weighted by molar-refractivity contribution is 0.0949. The summed E-state index contributed by atoms with van der Waals surface area (Å²) < 4.78 is 2.22. The van der Waals surface area contributed by atoms with E-state index in [9.17, 15) is 4.79 Å². The third kappa shape index (κ3) is 3.45. The van der Waals surface area contributed by atoms with E-state index < -0.39 is 0 Å². The van der Waals surface area contributed by atoms with E-state index in [1.165, 1.54) is 0 Å². The van der Waals surface area contributed by atoms with Crippen molar-refractivity contribution in [2.24, 2.45) is 5.92 Å². The Morgan fingerprint density at radius 3 is 2.83 bits per heavy atom. The summed E-state index contributed by atoms with van der Waals surface area (Å²) in [4.78, 5) is 20.9. The molecule has 0 aliphatic rings. The van der Waals surface area contributed by atoms with E-state index in [-0.39, 0.29) is 5.91 Å². The lowest BCUT2D eigenvalue weighted by atomic mass is 10.1. The molecular weight excluding hydrogens is 300 g/mol. The molecule has 0 saturated carbocycles. The van der Waals surface area contributed by atoms with Crippen LogP contribution in [-0.4, -0.2) is 20.4 Å². The molecule has 3 aromatic rings. The fourth-order valence-corrected chi connectivity index (χ4v) is 2.66. The summed E-state index contributed by atoms with van der Waals surface area (Å²) in [6, 6.07) is 11.6. The highest BCUT2D eigenvalue weighted by Gasteiger charge is 2.14. The Balaban J connectivity index is 1.83. The molecule has 0 radical (unpaired) electrons. The van der Waals surface area contributed by atoms with E-state index >= 15 is 0 Å². The Morgan fingerprint density at radius 2 is 2.08 bits per heavy atom. The summed E-state index contributed by atoms with van der Waals surface area (Å²) >= 11 is 0. The molecule has 1 unspecified atom stereocenters. The van der Waals surface area contributed by atoms with Gasteiger partial charge in [-0.05, 0) is 30.2 Å². The Bertz CT molecular complexity index is 826. The lowest BCUT2D eigenvalue weighted by Gasteiger charge is -2.14. The molecule has 5 heteroatoms. The van der Waals surface area contributed by atoms with Gasteiger partial charge in [-0.25, -0.2) is 4.98 Å². The van der Waals surface area contributed by atoms with Crippen molar-refractivity contribution in [1.29, 1.82) is 0 Å². The van der Waals surface area contributed by atoms with Gasteiger partial charge in [-0.1, -0.05) is 32.4 Å². The second kappa shape index (κ2) is 7.25. The fraction of sp³-hybridized carbons (Fsp3) is 0.316. The summed E-state index contributed by atoms with van der Waals surface area (Å²) in [6.45, 7) is 5.72. The largest absolute Gasteiger partial charge is 0.345 e. The SMILES string of the molecule is CCC(C)Cn1c(CNC(=O)c2cccnc2)nc2ccccc21. The molecule has 0 aliphatic carbocycles. The first kappa shape index (κ1) is 16.2. The zero-order valence-corrected chi connectivity index (χ0v) is 14.1. The van der Waals surface area contributed by atoms with Gasteiger partial charge in [0.25, 0.3) is 5.91 Å². The van der Waals surface area contributed by atoms with Crippen molar-refractivity contribution in [3.05, 3.63) is 60.2 Å². The van der Waals surface area contributed by atoms with Gasteiger partial charge in [0.1, 0.15) is 5.82 Å². The predicted molar refractivity (Wildman–Crippen MR) is 94.6 cm³/mol. The molecule has 1 N–H and O–H groups in total. The molecule has 3 rings (SSSR count). The second-order valence-corrected chi connectivity index (χ2v) is 6.07. The number of pyridine rings is 1. The van der Waals surface area contributed by atoms with Crippen LogP contribution < -0.4 is 5.32 Å². The highest BCUT2D eigenvalue weighted by molar-refractivity contribution is 5.93. The number of hydrogen-bond donors (Lipinski definition) is 1. The first-order valence-corrected chi connectivity index (χ1v) is 8.31. The van der Waals surface area contributed by atoms with Crippen LogP contribution in [0.15, 0.2) is 48.8 Å². The summed E-state index contributed by atoms with van der Waals surface area (Å²) in [6.07, 6.45) is 4.33. The Kier molecular flexibility index (Phi) is 4.89. The van der Waals surface area contributed by atoms with E-state index in [4.69, 9.17) is 4.98 Å². The second-order valence-electron chi connectivity index (χ2n) is 6.07. The summed E-state index contributed by atoms with van der Waals surface area (Å²) in [5.74, 6) is 1.30. The monoisotopic (exact) mass is 322 g/mol. The fourth-order valence-electron chi connectivity index (χ4n) is 2.66. The molecule has 2 aromatic heterocycles. The summed E-state index contributed by atoms with van der Waals surface area (Å²) in [5.41, 5.74) is 2.64. The maximum Gasteiger partial charge on any atom is 0.253 e. The number of hydrogen-bond acceptors (Lipinski definition) is 3. The van der Waals surface area contributed by atoms with E-state index in [0.29, 0.717) is 18.0 Å². The van der Waals surface area contributed by atoms with Gasteiger partial charge in [-0.2, -0.15) is 0 Å². The van der Waals surface area contributed by atoms with Gasteiger partial charge in [0.15, 0.2) is 0 Å². The van der Waals surface area contributed by atoms with Gasteiger partial charge >= 0.3 is 0 Å². The van der Waals surface area contributed by atoms with Crippen molar-refractivity contribution in [3.63, 3.8) is 0 Å². The van der Waals surface area contributed by atoms with Crippen molar-refractivity contribution in [3.8, 4) is 0 Å². The number of nitrogens with one attached hydrogen (secondary N) is 1. The number of carbonyl (C=O) groups is 1. The van der Waals surface area contributed by atoms with Gasteiger partial charge in [0, 0.05) is 18.9 Å². The number of aromatic nitrogens is 3. The first-order valence-electron chi connectivity index (χ1n) is 8.31. The number of carbonyl (C=O) groups excluding carboxylic acids is 1. The Morgan fingerprint density at radius 1 is 1.25 bits per heavy atom. The Hall–Kier alpha value is -2.69. The van der Waals surface area contributed by atoms with Gasteiger partial charge in [0.05, 0.1) is 23.1 Å². The van der Waals surface area contributed by atoms with Crippen LogP contribution >= 0.6 is 0 Å². The topological polar surface area (TPSA) is 59.8 Å². The average Bonchev–Trinajstić information content (AvgIpc) is 2.98. The minimum absolute atomic E-state index is 0.134. The van der Waals surface area contributed by atoms with E-state index in [2.05, 4.69) is 34.8 Å². The van der Waals surface area contributed by atoms with Crippen molar-refractivity contribution >= 4 is 16.9 Å². The molecule has 1 atom stereocenters. The zero-order valence-electron chi connectivity index (χ0n) is 14.1. The summed E-state index contributed by atoms with van der Waals surface area (Å²) in [5, 5.41) is 2.95. The van der Waals surface area contributed by atoms with Crippen molar-refractivity contribution < 1.29 is 4.79 Å². The minimum Gasteiger partial charge on any atom is -0.345 e. The number of fused-ring (bicyclic) bond motifs is 1. The molecule has 124 valence electrons. The quantitative estimate of drug-likeness (QED) is 0.756. The molecule has 1 amide bonds. The van der Waals surface area contributed by atoms with Gasteiger partial charge in [-0.3, -0.25) is 9.78 Å². The molecular formula is C19H22N4O. The molecule has 0 bridgehead atoms. The molecule has 2 heterocycles. The maximum absolute atomic E-state index is 12.2. The lowest BCUT2D eigenvalue weighted by Crippen LogP contribution is -2.25. The number of benzene rings is 1. The van der Waals surface area contributed by atoms with Crippen LogP contribution in [0.3, 0.4) is 0 Å². The molecule has 1 aromatic carbocycles. The highest BCUT2D eigenvalue weighted by atomic mass is 16.1. The standard InChI is InChI=1S/C19H22N4O/c1-3-14(2)13-23-17-9-5-4-8-16(17)22-18(23)12-21-19(24)15-7-6-10-20-11-15/h4-11,14H,3,12-13H2,1-2H3,(H,21,24). The third-order valence-corrected chi connectivity index (χ3v) is 4.26. The average molecular weight is 322 g/mol. The number of imidazole rings is 1. The third-order valence-electron chi connectivity index (χ3n) is 4.26. The van der Waals surface area contributed by atoms with Crippen molar-refractivity contribution in [2.45, 2.75) is 33.4 Å². The van der Waals surface area contributed by atoms with Gasteiger partial charge in [0.2, 0.25) is 0 Å². The van der Waals surface area contributed by atoms with Crippen LogP contribution in [0, 0.1) is 5.92 Å². The van der Waals surface area contributed by atoms with Crippen molar-refractivity contribution in [2.75, 3.05) is 0 Å². The smallest absolute Gasteiger partial charge is 0.253 e. The van der Waals surface area contributed by atoms with E-state index in [1.54, 1.807) is 24.5 Å². The number of nitrogens with zero attached hydrogens (tertiary/aromatic N) is 3. The van der Waals surface area contributed by atoms with Crippen LogP contribution in [-0.2, 0) is 13.1 Å². The van der Waals surface area contributed by atoms with Crippen LogP contribution in [0.2, 0.25) is 0 Å². The van der Waals surface area contributed by atoms with Crippen LogP contribution in [0.1, 0.15) is 36.5 Å². The molecule has 0 fully saturated rings. The summed E-state index contributed by atoms with van der Waals surface area (Å²) in [7, 11) is 0.